The molecule has 1 atom stereocenters. The van der Waals surface area contributed by atoms with Crippen LogP contribution >= 0.6 is 0 Å². The van der Waals surface area contributed by atoms with Gasteiger partial charge in [-0.15, -0.1) is 0 Å². The Kier molecular flexibility index (Phi) is 6.80. The van der Waals surface area contributed by atoms with Gasteiger partial charge in [-0.05, 0) is 18.1 Å². The van der Waals surface area contributed by atoms with Crippen LogP contribution in [0.4, 0.5) is 0 Å². The average Bonchev–Trinajstić information content (AvgIpc) is 3.04. The second kappa shape index (κ2) is 8.64. The van der Waals surface area contributed by atoms with Gasteiger partial charge in [0, 0.05) is 53.8 Å². The van der Waals surface area contributed by atoms with Gasteiger partial charge in [0.1, 0.15) is 0 Å². The highest BCUT2D eigenvalue weighted by molar-refractivity contribution is 7.89. The van der Waals surface area contributed by atoms with E-state index in [0.29, 0.717) is 17.4 Å². The van der Waals surface area contributed by atoms with Crippen LogP contribution < -0.4 is 5.32 Å². The van der Waals surface area contributed by atoms with E-state index in [0.717, 1.165) is 37.6 Å². The molecule has 0 radical (unpaired) electrons. The Labute approximate surface area is 150 Å². The molecule has 1 aliphatic heterocycles. The number of likely N-dealkylation sites (tertiary alicyclic amines) is 1. The summed E-state index contributed by atoms with van der Waals surface area (Å²) in [4.78, 5) is 6.85. The molecule has 1 saturated heterocycles. The first-order chi connectivity index (χ1) is 11.9. The zero-order valence-electron chi connectivity index (χ0n) is 15.4. The third-order valence-electron chi connectivity index (χ3n) is 4.37. The quantitative estimate of drug-likeness (QED) is 0.598. The number of methoxy groups -OCH3 is 1. The molecule has 25 heavy (non-hydrogen) atoms. The number of hydrogen-bond acceptors (Lipinski definition) is 4. The maximum atomic E-state index is 12.5. The second-order valence-electron chi connectivity index (χ2n) is 6.35. The molecule has 0 aliphatic carbocycles. The molecule has 140 valence electrons. The average molecular weight is 369 g/mol. The van der Waals surface area contributed by atoms with E-state index in [-0.39, 0.29) is 0 Å². The molecule has 1 aliphatic rings. The van der Waals surface area contributed by atoms with E-state index in [1.807, 2.05) is 12.1 Å². The van der Waals surface area contributed by atoms with Crippen LogP contribution in [0.3, 0.4) is 0 Å². The van der Waals surface area contributed by atoms with Crippen molar-refractivity contribution >= 4 is 16.0 Å². The summed E-state index contributed by atoms with van der Waals surface area (Å²) in [5.41, 5.74) is 0.727. The molecule has 0 bridgehead atoms. The first-order valence-electron chi connectivity index (χ1n) is 8.35. The van der Waals surface area contributed by atoms with Crippen LogP contribution in [0, 0.1) is 5.92 Å². The van der Waals surface area contributed by atoms with Crippen molar-refractivity contribution in [3.8, 4) is 0 Å². The minimum atomic E-state index is -3.47. The fourth-order valence-electron chi connectivity index (χ4n) is 3.00. The molecule has 2 rings (SSSR count). The standard InChI is InChI=1S/C17H28N4O3S/c1-18-17(21-10-9-14(12-21)13-24-4)19-11-15-7-5-6-8-16(15)25(22,23)20(2)3/h5-8,14H,9-13H2,1-4H3,(H,18,19). The largest absolute Gasteiger partial charge is 0.384 e. The summed E-state index contributed by atoms with van der Waals surface area (Å²) in [6, 6.07) is 7.05. The molecule has 1 aromatic carbocycles. The molecule has 1 N–H and O–H groups in total. The summed E-state index contributed by atoms with van der Waals surface area (Å²) in [6.07, 6.45) is 1.07. The first-order valence-corrected chi connectivity index (χ1v) is 9.79. The molecule has 0 aromatic heterocycles. The van der Waals surface area contributed by atoms with Crippen LogP contribution in [0.2, 0.25) is 0 Å². The predicted octanol–water partition coefficient (Wildman–Crippen LogP) is 0.981. The minimum absolute atomic E-state index is 0.321. The predicted molar refractivity (Wildman–Crippen MR) is 99.1 cm³/mol. The molecule has 0 spiro atoms. The van der Waals surface area contributed by atoms with Gasteiger partial charge < -0.3 is 15.0 Å². The zero-order valence-corrected chi connectivity index (χ0v) is 16.2. The van der Waals surface area contributed by atoms with E-state index in [1.54, 1.807) is 40.4 Å². The number of aliphatic imine (C=N–C) groups is 1. The van der Waals surface area contributed by atoms with Crippen LogP contribution in [0.1, 0.15) is 12.0 Å². The van der Waals surface area contributed by atoms with Crippen molar-refractivity contribution in [2.24, 2.45) is 10.9 Å². The van der Waals surface area contributed by atoms with Crippen molar-refractivity contribution < 1.29 is 13.2 Å². The highest BCUT2D eigenvalue weighted by Crippen LogP contribution is 2.19. The number of nitrogens with zero attached hydrogens (tertiary/aromatic N) is 3. The first kappa shape index (κ1) is 19.7. The maximum absolute atomic E-state index is 12.5. The third-order valence-corrected chi connectivity index (χ3v) is 6.28. The van der Waals surface area contributed by atoms with Crippen molar-refractivity contribution in [3.63, 3.8) is 0 Å². The van der Waals surface area contributed by atoms with E-state index in [1.165, 1.54) is 4.31 Å². The topological polar surface area (TPSA) is 74.2 Å². The number of benzene rings is 1. The van der Waals surface area contributed by atoms with E-state index < -0.39 is 10.0 Å². The molecular formula is C17H28N4O3S. The van der Waals surface area contributed by atoms with Gasteiger partial charge in [-0.3, -0.25) is 4.99 Å². The lowest BCUT2D eigenvalue weighted by Crippen LogP contribution is -2.40. The van der Waals surface area contributed by atoms with Crippen LogP contribution in [0.5, 0.6) is 0 Å². The fraction of sp³-hybridized carbons (Fsp3) is 0.588. The molecule has 0 saturated carbocycles. The number of sulfonamides is 1. The zero-order chi connectivity index (χ0) is 18.4. The van der Waals surface area contributed by atoms with E-state index in [2.05, 4.69) is 15.2 Å². The second-order valence-corrected chi connectivity index (χ2v) is 8.47. The SMILES string of the molecule is CN=C(NCc1ccccc1S(=O)(=O)N(C)C)N1CCC(COC)C1. The molecule has 0 amide bonds. The number of guanidine groups is 1. The van der Waals surface area contributed by atoms with Crippen molar-refractivity contribution in [1.82, 2.24) is 14.5 Å². The Hall–Kier alpha value is -1.64. The minimum Gasteiger partial charge on any atom is -0.384 e. The number of rotatable bonds is 6. The Morgan fingerprint density at radius 1 is 1.40 bits per heavy atom. The smallest absolute Gasteiger partial charge is 0.242 e. The third kappa shape index (κ3) is 4.71. The molecule has 1 heterocycles. The summed E-state index contributed by atoms with van der Waals surface area (Å²) in [7, 11) is 3.07. The van der Waals surface area contributed by atoms with Crippen LogP contribution in [-0.2, 0) is 21.3 Å². The van der Waals surface area contributed by atoms with Crippen molar-refractivity contribution in [1.29, 1.82) is 0 Å². The Balaban J connectivity index is 2.08. The van der Waals surface area contributed by atoms with E-state index in [9.17, 15) is 8.42 Å². The Morgan fingerprint density at radius 2 is 2.12 bits per heavy atom. The number of hydrogen-bond donors (Lipinski definition) is 1. The lowest BCUT2D eigenvalue weighted by Gasteiger charge is -2.22. The van der Waals surface area contributed by atoms with Gasteiger partial charge >= 0.3 is 0 Å². The van der Waals surface area contributed by atoms with Crippen molar-refractivity contribution in [2.45, 2.75) is 17.9 Å². The molecule has 7 nitrogen and oxygen atoms in total. The fourth-order valence-corrected chi connectivity index (χ4v) is 4.12. The number of ether oxygens (including phenoxy) is 1. The van der Waals surface area contributed by atoms with E-state index >= 15 is 0 Å². The summed E-state index contributed by atoms with van der Waals surface area (Å²) < 4.78 is 31.4. The van der Waals surface area contributed by atoms with Crippen LogP contribution in [0.15, 0.2) is 34.2 Å². The Bertz CT molecular complexity index is 704. The summed E-state index contributed by atoms with van der Waals surface area (Å²) in [5.74, 6) is 1.29. The molecular weight excluding hydrogens is 340 g/mol. The van der Waals surface area contributed by atoms with Crippen molar-refractivity contribution in [2.75, 3.05) is 47.9 Å². The van der Waals surface area contributed by atoms with Gasteiger partial charge in [-0.1, -0.05) is 18.2 Å². The van der Waals surface area contributed by atoms with Crippen molar-refractivity contribution in [3.05, 3.63) is 29.8 Å². The lowest BCUT2D eigenvalue weighted by atomic mass is 10.1. The molecule has 1 aromatic rings. The summed E-state index contributed by atoms with van der Waals surface area (Å²) in [5, 5.41) is 3.29. The van der Waals surface area contributed by atoms with Gasteiger partial charge in [-0.2, -0.15) is 0 Å². The van der Waals surface area contributed by atoms with Gasteiger partial charge in [0.25, 0.3) is 0 Å². The van der Waals surface area contributed by atoms with Gasteiger partial charge in [0.15, 0.2) is 5.96 Å². The highest BCUT2D eigenvalue weighted by Gasteiger charge is 2.25. The summed E-state index contributed by atoms with van der Waals surface area (Å²) >= 11 is 0. The highest BCUT2D eigenvalue weighted by atomic mass is 32.2. The van der Waals surface area contributed by atoms with E-state index in [4.69, 9.17) is 4.74 Å². The normalized spacial score (nSPS) is 18.8. The van der Waals surface area contributed by atoms with Gasteiger partial charge in [-0.25, -0.2) is 12.7 Å². The van der Waals surface area contributed by atoms with Crippen LogP contribution in [-0.4, -0.2) is 71.5 Å². The van der Waals surface area contributed by atoms with Crippen LogP contribution in [0.25, 0.3) is 0 Å². The Morgan fingerprint density at radius 3 is 2.76 bits per heavy atom. The maximum Gasteiger partial charge on any atom is 0.242 e. The summed E-state index contributed by atoms with van der Waals surface area (Å²) in [6.45, 7) is 2.97. The molecule has 1 unspecified atom stereocenters. The monoisotopic (exact) mass is 368 g/mol. The van der Waals surface area contributed by atoms with Gasteiger partial charge in [0.2, 0.25) is 10.0 Å². The molecule has 1 fully saturated rings. The molecule has 8 heteroatoms. The van der Waals surface area contributed by atoms with Gasteiger partial charge in [0.05, 0.1) is 11.5 Å². The lowest BCUT2D eigenvalue weighted by molar-refractivity contribution is 0.157. The number of nitrogens with one attached hydrogen (secondary N) is 1.